The van der Waals surface area contributed by atoms with Crippen LogP contribution in [0.3, 0.4) is 0 Å². The van der Waals surface area contributed by atoms with Gasteiger partial charge in [-0.25, -0.2) is 0 Å². The lowest BCUT2D eigenvalue weighted by Gasteiger charge is -2.14. The van der Waals surface area contributed by atoms with Crippen molar-refractivity contribution in [3.05, 3.63) is 29.3 Å². The Bertz CT molecular complexity index is 458. The van der Waals surface area contributed by atoms with Crippen molar-refractivity contribution < 1.29 is 9.59 Å². The van der Waals surface area contributed by atoms with Crippen molar-refractivity contribution in [2.24, 2.45) is 5.73 Å². The van der Waals surface area contributed by atoms with Gasteiger partial charge in [-0.2, -0.15) is 0 Å². The van der Waals surface area contributed by atoms with Gasteiger partial charge in [0.15, 0.2) is 0 Å². The van der Waals surface area contributed by atoms with Crippen LogP contribution < -0.4 is 16.4 Å². The smallest absolute Gasteiger partial charge is 0.251 e. The molecule has 2 amide bonds. The molecule has 5 nitrogen and oxygen atoms in total. The molecule has 0 saturated heterocycles. The third-order valence-electron chi connectivity index (χ3n) is 2.84. The number of hydrogen-bond acceptors (Lipinski definition) is 3. The fraction of sp³-hybridized carbons (Fsp3) is 0.385. The average molecular weight is 249 g/mol. The number of benzene rings is 1. The van der Waals surface area contributed by atoms with E-state index in [0.29, 0.717) is 17.7 Å². The summed E-state index contributed by atoms with van der Waals surface area (Å²) in [6, 6.07) is 4.66. The molecule has 0 saturated carbocycles. The first kappa shape index (κ1) is 14.2. The Morgan fingerprint density at radius 3 is 2.61 bits per heavy atom. The third-order valence-corrected chi connectivity index (χ3v) is 2.84. The molecule has 1 unspecified atom stereocenters. The maximum absolute atomic E-state index is 11.7. The van der Waals surface area contributed by atoms with E-state index in [1.165, 1.54) is 0 Å². The van der Waals surface area contributed by atoms with E-state index in [9.17, 15) is 9.59 Å². The second kappa shape index (κ2) is 6.16. The monoisotopic (exact) mass is 249 g/mol. The second-order valence-electron chi connectivity index (χ2n) is 4.06. The minimum Gasteiger partial charge on any atom is -0.355 e. The van der Waals surface area contributed by atoms with Crippen LogP contribution in [0, 0.1) is 6.92 Å². The Balaban J connectivity index is 2.98. The summed E-state index contributed by atoms with van der Waals surface area (Å²) in [5.41, 5.74) is 7.53. The van der Waals surface area contributed by atoms with E-state index in [4.69, 9.17) is 5.73 Å². The highest BCUT2D eigenvalue weighted by molar-refractivity contribution is 6.00. The molecule has 1 rings (SSSR count). The van der Waals surface area contributed by atoms with Crippen LogP contribution in [0.15, 0.2) is 18.2 Å². The molecule has 0 aliphatic heterocycles. The van der Waals surface area contributed by atoms with Gasteiger partial charge in [-0.15, -0.1) is 0 Å². The van der Waals surface area contributed by atoms with E-state index in [2.05, 4.69) is 10.6 Å². The molecule has 0 spiro atoms. The van der Waals surface area contributed by atoms with E-state index < -0.39 is 6.04 Å². The van der Waals surface area contributed by atoms with Crippen LogP contribution >= 0.6 is 0 Å². The van der Waals surface area contributed by atoms with Gasteiger partial charge in [0.05, 0.1) is 6.04 Å². The minimum atomic E-state index is -0.534. The van der Waals surface area contributed by atoms with E-state index in [0.717, 1.165) is 5.56 Å². The summed E-state index contributed by atoms with van der Waals surface area (Å²) in [5.74, 6) is -0.418. The summed E-state index contributed by atoms with van der Waals surface area (Å²) in [4.78, 5) is 23.3. The number of nitrogens with one attached hydrogen (secondary N) is 2. The molecule has 0 radical (unpaired) electrons. The molecule has 1 atom stereocenters. The van der Waals surface area contributed by atoms with E-state index in [1.807, 2.05) is 6.92 Å². The summed E-state index contributed by atoms with van der Waals surface area (Å²) in [5, 5.41) is 5.30. The highest BCUT2D eigenvalue weighted by atomic mass is 16.2. The highest BCUT2D eigenvalue weighted by Gasteiger charge is 2.15. The minimum absolute atomic E-state index is 0.177. The lowest BCUT2D eigenvalue weighted by atomic mass is 10.1. The zero-order chi connectivity index (χ0) is 13.7. The molecule has 0 bridgehead atoms. The predicted molar refractivity (Wildman–Crippen MR) is 71.5 cm³/mol. The van der Waals surface area contributed by atoms with Crippen molar-refractivity contribution in [3.63, 3.8) is 0 Å². The Morgan fingerprint density at radius 1 is 1.39 bits per heavy atom. The van der Waals surface area contributed by atoms with Gasteiger partial charge in [0.1, 0.15) is 0 Å². The predicted octanol–water partition coefficient (Wildman–Crippen LogP) is 1.03. The van der Waals surface area contributed by atoms with Crippen LogP contribution in [0.25, 0.3) is 0 Å². The summed E-state index contributed by atoms with van der Waals surface area (Å²) >= 11 is 0. The van der Waals surface area contributed by atoms with Crippen molar-refractivity contribution in [2.45, 2.75) is 26.3 Å². The van der Waals surface area contributed by atoms with Crippen molar-refractivity contribution in [3.8, 4) is 0 Å². The fourth-order valence-corrected chi connectivity index (χ4v) is 1.56. The van der Waals surface area contributed by atoms with E-state index in [1.54, 1.807) is 32.2 Å². The van der Waals surface area contributed by atoms with Gasteiger partial charge in [-0.3, -0.25) is 9.59 Å². The number of anilines is 1. The number of amides is 2. The normalized spacial score (nSPS) is 11.8. The molecule has 0 aliphatic rings. The zero-order valence-corrected chi connectivity index (χ0v) is 10.9. The summed E-state index contributed by atoms with van der Waals surface area (Å²) in [6.07, 6.45) is 0.569. The van der Waals surface area contributed by atoms with Crippen LogP contribution in [0.2, 0.25) is 0 Å². The number of carbonyl (C=O) groups excluding carboxylic acids is 2. The maximum atomic E-state index is 11.7. The maximum Gasteiger partial charge on any atom is 0.251 e. The van der Waals surface area contributed by atoms with Crippen molar-refractivity contribution in [1.82, 2.24) is 5.32 Å². The third kappa shape index (κ3) is 3.07. The SMILES string of the molecule is CCC(N)C(=O)Nc1cccc(C(=O)NC)c1C. The molecular weight excluding hydrogens is 230 g/mol. The number of nitrogens with two attached hydrogens (primary N) is 1. The topological polar surface area (TPSA) is 84.2 Å². The van der Waals surface area contributed by atoms with Crippen LogP contribution in [0.1, 0.15) is 29.3 Å². The first-order valence-electron chi connectivity index (χ1n) is 5.89. The van der Waals surface area contributed by atoms with Gasteiger partial charge in [0.25, 0.3) is 5.91 Å². The first-order chi connectivity index (χ1) is 8.51. The zero-order valence-electron chi connectivity index (χ0n) is 10.9. The molecule has 0 fully saturated rings. The van der Waals surface area contributed by atoms with Gasteiger partial charge in [-0.05, 0) is 31.0 Å². The Kier molecular flexibility index (Phi) is 4.85. The van der Waals surface area contributed by atoms with Gasteiger partial charge < -0.3 is 16.4 Å². The number of carbonyl (C=O) groups is 2. The Morgan fingerprint density at radius 2 is 2.06 bits per heavy atom. The summed E-state index contributed by atoms with van der Waals surface area (Å²) in [6.45, 7) is 3.63. The number of rotatable bonds is 4. The molecule has 1 aromatic rings. The fourth-order valence-electron chi connectivity index (χ4n) is 1.56. The van der Waals surface area contributed by atoms with Crippen LogP contribution in [-0.4, -0.2) is 24.9 Å². The Hall–Kier alpha value is -1.88. The molecule has 1 aromatic carbocycles. The summed E-state index contributed by atoms with van der Waals surface area (Å²) in [7, 11) is 1.57. The molecule has 0 heterocycles. The highest BCUT2D eigenvalue weighted by Crippen LogP contribution is 2.19. The first-order valence-corrected chi connectivity index (χ1v) is 5.89. The molecule has 18 heavy (non-hydrogen) atoms. The van der Waals surface area contributed by atoms with Crippen molar-refractivity contribution in [1.29, 1.82) is 0 Å². The second-order valence-corrected chi connectivity index (χ2v) is 4.06. The number of hydrogen-bond donors (Lipinski definition) is 3. The summed E-state index contributed by atoms with van der Waals surface area (Å²) < 4.78 is 0. The Labute approximate surface area is 107 Å². The lowest BCUT2D eigenvalue weighted by molar-refractivity contribution is -0.117. The molecule has 5 heteroatoms. The van der Waals surface area contributed by atoms with Gasteiger partial charge in [-0.1, -0.05) is 13.0 Å². The van der Waals surface area contributed by atoms with Gasteiger partial charge >= 0.3 is 0 Å². The molecule has 0 aliphatic carbocycles. The van der Waals surface area contributed by atoms with Gasteiger partial charge in [0.2, 0.25) is 5.91 Å². The van der Waals surface area contributed by atoms with E-state index >= 15 is 0 Å². The quantitative estimate of drug-likeness (QED) is 0.745. The average Bonchev–Trinajstić information content (AvgIpc) is 2.39. The van der Waals surface area contributed by atoms with Crippen molar-refractivity contribution >= 4 is 17.5 Å². The van der Waals surface area contributed by atoms with Crippen LogP contribution in [0.5, 0.6) is 0 Å². The standard InChI is InChI=1S/C13H19N3O2/c1-4-10(14)13(18)16-11-7-5-6-9(8(11)2)12(17)15-3/h5-7,10H,4,14H2,1-3H3,(H,15,17)(H,16,18). The van der Waals surface area contributed by atoms with Crippen LogP contribution in [-0.2, 0) is 4.79 Å². The molecule has 98 valence electrons. The van der Waals surface area contributed by atoms with E-state index in [-0.39, 0.29) is 11.8 Å². The largest absolute Gasteiger partial charge is 0.355 e. The van der Waals surface area contributed by atoms with Gasteiger partial charge in [0, 0.05) is 18.3 Å². The van der Waals surface area contributed by atoms with Crippen LogP contribution in [0.4, 0.5) is 5.69 Å². The molecular formula is C13H19N3O2. The van der Waals surface area contributed by atoms with Crippen molar-refractivity contribution in [2.75, 3.05) is 12.4 Å². The molecule has 4 N–H and O–H groups in total. The molecule has 0 aromatic heterocycles. The lowest BCUT2D eigenvalue weighted by Crippen LogP contribution is -2.35.